The van der Waals surface area contributed by atoms with Gasteiger partial charge in [0, 0.05) is 17.3 Å². The molecule has 0 saturated heterocycles. The lowest BCUT2D eigenvalue weighted by Crippen LogP contribution is -2.19. The van der Waals surface area contributed by atoms with Crippen LogP contribution in [0.5, 0.6) is 0 Å². The first-order chi connectivity index (χ1) is 10.2. The molecule has 1 aliphatic carbocycles. The van der Waals surface area contributed by atoms with Gasteiger partial charge in [0.2, 0.25) is 0 Å². The average Bonchev–Trinajstić information content (AvgIpc) is 2.67. The third kappa shape index (κ3) is 3.05. The van der Waals surface area contributed by atoms with E-state index in [1.165, 1.54) is 54.4 Å². The predicted molar refractivity (Wildman–Crippen MR) is 91.4 cm³/mol. The van der Waals surface area contributed by atoms with E-state index >= 15 is 0 Å². The Labute approximate surface area is 131 Å². The highest BCUT2D eigenvalue weighted by Crippen LogP contribution is 2.34. The zero-order valence-electron chi connectivity index (χ0n) is 13.3. The van der Waals surface area contributed by atoms with Gasteiger partial charge in [-0.2, -0.15) is 0 Å². The molecule has 2 heterocycles. The summed E-state index contributed by atoms with van der Waals surface area (Å²) in [5, 5.41) is 5.00. The molecule has 1 N–H and O–H groups in total. The first kappa shape index (κ1) is 14.8. The monoisotopic (exact) mass is 303 g/mol. The van der Waals surface area contributed by atoms with Crippen LogP contribution in [0.3, 0.4) is 0 Å². The van der Waals surface area contributed by atoms with Crippen LogP contribution in [0.15, 0.2) is 0 Å². The van der Waals surface area contributed by atoms with Crippen LogP contribution in [0.1, 0.15) is 61.7 Å². The van der Waals surface area contributed by atoms with E-state index < -0.39 is 0 Å². The molecule has 0 spiro atoms. The van der Waals surface area contributed by atoms with Crippen molar-refractivity contribution in [2.45, 2.75) is 71.8 Å². The zero-order chi connectivity index (χ0) is 14.8. The summed E-state index contributed by atoms with van der Waals surface area (Å²) in [6.45, 7) is 6.51. The Morgan fingerprint density at radius 3 is 2.48 bits per heavy atom. The number of fused-ring (bicyclic) bond motifs is 1. The minimum atomic E-state index is 0.579. The summed E-state index contributed by atoms with van der Waals surface area (Å²) in [5.74, 6) is 2.03. The number of aryl methyl sites for hydroxylation is 3. The molecule has 3 nitrogen and oxygen atoms in total. The Morgan fingerprint density at radius 2 is 1.81 bits per heavy atom. The molecule has 3 rings (SSSR count). The quantitative estimate of drug-likeness (QED) is 0.810. The van der Waals surface area contributed by atoms with Gasteiger partial charge in [0.1, 0.15) is 16.5 Å². The molecule has 0 aliphatic heterocycles. The fourth-order valence-electron chi connectivity index (χ4n) is 3.17. The second kappa shape index (κ2) is 6.30. The van der Waals surface area contributed by atoms with E-state index in [1.807, 2.05) is 0 Å². The van der Waals surface area contributed by atoms with Crippen molar-refractivity contribution in [2.24, 2.45) is 0 Å². The van der Waals surface area contributed by atoms with Crippen molar-refractivity contribution in [3.05, 3.63) is 16.3 Å². The second-order valence-corrected chi connectivity index (χ2v) is 7.34. The first-order valence-electron chi connectivity index (χ1n) is 8.22. The number of thiophene rings is 1. The second-order valence-electron chi connectivity index (χ2n) is 6.14. The number of anilines is 1. The number of aromatic nitrogens is 2. The topological polar surface area (TPSA) is 37.8 Å². The average molecular weight is 303 g/mol. The van der Waals surface area contributed by atoms with Crippen LogP contribution in [-0.4, -0.2) is 16.0 Å². The molecule has 114 valence electrons. The van der Waals surface area contributed by atoms with Crippen LogP contribution in [0, 0.1) is 13.8 Å². The molecule has 0 aromatic carbocycles. The normalized spacial score (nSPS) is 17.1. The third-order valence-electron chi connectivity index (χ3n) is 4.59. The van der Waals surface area contributed by atoms with Crippen molar-refractivity contribution in [1.82, 2.24) is 9.97 Å². The van der Waals surface area contributed by atoms with E-state index in [4.69, 9.17) is 9.97 Å². The first-order valence-corrected chi connectivity index (χ1v) is 9.04. The Hall–Kier alpha value is -1.16. The van der Waals surface area contributed by atoms with E-state index in [0.29, 0.717) is 6.04 Å². The Kier molecular flexibility index (Phi) is 4.43. The van der Waals surface area contributed by atoms with Crippen molar-refractivity contribution in [3.63, 3.8) is 0 Å². The maximum Gasteiger partial charge on any atom is 0.139 e. The fourth-order valence-corrected chi connectivity index (χ4v) is 4.22. The summed E-state index contributed by atoms with van der Waals surface area (Å²) in [6.07, 6.45) is 8.89. The number of hydrogen-bond donors (Lipinski definition) is 1. The van der Waals surface area contributed by atoms with Gasteiger partial charge in [-0.15, -0.1) is 11.3 Å². The van der Waals surface area contributed by atoms with Crippen molar-refractivity contribution in [3.8, 4) is 0 Å². The van der Waals surface area contributed by atoms with Crippen LogP contribution < -0.4 is 5.32 Å². The molecule has 1 saturated carbocycles. The molecule has 0 amide bonds. The fraction of sp³-hybridized carbons (Fsp3) is 0.647. The summed E-state index contributed by atoms with van der Waals surface area (Å²) < 4.78 is 0. The minimum absolute atomic E-state index is 0.579. The standard InChI is InChI=1S/C17H25N3S/c1-4-14-19-16(18-13-9-7-5-6-8-10-13)15-11(2)12(3)21-17(15)20-14/h13H,4-10H2,1-3H3,(H,18,19,20). The number of hydrogen-bond acceptors (Lipinski definition) is 4. The highest BCUT2D eigenvalue weighted by molar-refractivity contribution is 7.18. The molecule has 0 radical (unpaired) electrons. The third-order valence-corrected chi connectivity index (χ3v) is 5.69. The summed E-state index contributed by atoms with van der Waals surface area (Å²) in [7, 11) is 0. The number of rotatable bonds is 3. The molecule has 2 aromatic rings. The molecular weight excluding hydrogens is 278 g/mol. The molecule has 0 unspecified atom stereocenters. The Bertz CT molecular complexity index is 624. The lowest BCUT2D eigenvalue weighted by atomic mass is 10.1. The van der Waals surface area contributed by atoms with E-state index in [9.17, 15) is 0 Å². The van der Waals surface area contributed by atoms with Gasteiger partial charge in [-0.1, -0.05) is 32.6 Å². The van der Waals surface area contributed by atoms with Gasteiger partial charge >= 0.3 is 0 Å². The largest absolute Gasteiger partial charge is 0.367 e. The van der Waals surface area contributed by atoms with Crippen molar-refractivity contribution in [2.75, 3.05) is 5.32 Å². The smallest absolute Gasteiger partial charge is 0.139 e. The SMILES string of the molecule is CCc1nc(NC2CCCCCC2)c2c(C)c(C)sc2n1. The number of nitrogens with one attached hydrogen (secondary N) is 1. The van der Waals surface area contributed by atoms with E-state index in [0.717, 1.165) is 22.9 Å². The van der Waals surface area contributed by atoms with Crippen molar-refractivity contribution < 1.29 is 0 Å². The maximum absolute atomic E-state index is 4.80. The van der Waals surface area contributed by atoms with Gasteiger partial charge in [-0.3, -0.25) is 0 Å². The Morgan fingerprint density at radius 1 is 1.10 bits per heavy atom. The van der Waals surface area contributed by atoms with Gasteiger partial charge in [0.15, 0.2) is 0 Å². The molecule has 1 aliphatic rings. The van der Waals surface area contributed by atoms with E-state index in [-0.39, 0.29) is 0 Å². The lowest BCUT2D eigenvalue weighted by Gasteiger charge is -2.18. The molecule has 21 heavy (non-hydrogen) atoms. The molecule has 0 atom stereocenters. The maximum atomic E-state index is 4.80. The minimum Gasteiger partial charge on any atom is -0.367 e. The van der Waals surface area contributed by atoms with Gasteiger partial charge in [-0.25, -0.2) is 9.97 Å². The van der Waals surface area contributed by atoms with E-state index in [1.54, 1.807) is 11.3 Å². The molecular formula is C17H25N3S. The highest BCUT2D eigenvalue weighted by Gasteiger charge is 2.18. The molecule has 2 aromatic heterocycles. The van der Waals surface area contributed by atoms with Crippen LogP contribution in [0.25, 0.3) is 10.2 Å². The molecule has 1 fully saturated rings. The summed E-state index contributed by atoms with van der Waals surface area (Å²) in [4.78, 5) is 12.0. The van der Waals surface area contributed by atoms with Crippen LogP contribution in [0.2, 0.25) is 0 Å². The summed E-state index contributed by atoms with van der Waals surface area (Å²) in [6, 6.07) is 0.579. The van der Waals surface area contributed by atoms with Gasteiger partial charge in [0.25, 0.3) is 0 Å². The van der Waals surface area contributed by atoms with Crippen LogP contribution in [-0.2, 0) is 6.42 Å². The van der Waals surface area contributed by atoms with Gasteiger partial charge < -0.3 is 5.32 Å². The highest BCUT2D eigenvalue weighted by atomic mass is 32.1. The van der Waals surface area contributed by atoms with Gasteiger partial charge in [-0.05, 0) is 32.3 Å². The van der Waals surface area contributed by atoms with Crippen molar-refractivity contribution in [1.29, 1.82) is 0 Å². The molecule has 0 bridgehead atoms. The lowest BCUT2D eigenvalue weighted by molar-refractivity contribution is 0.618. The van der Waals surface area contributed by atoms with Crippen molar-refractivity contribution >= 4 is 27.4 Å². The predicted octanol–water partition coefficient (Wildman–Crippen LogP) is 5.01. The van der Waals surface area contributed by atoms with Crippen LogP contribution in [0.4, 0.5) is 5.82 Å². The summed E-state index contributed by atoms with van der Waals surface area (Å²) >= 11 is 1.80. The summed E-state index contributed by atoms with van der Waals surface area (Å²) in [5.41, 5.74) is 1.34. The van der Waals surface area contributed by atoms with Crippen LogP contribution >= 0.6 is 11.3 Å². The van der Waals surface area contributed by atoms with Gasteiger partial charge in [0.05, 0.1) is 5.39 Å². The van der Waals surface area contributed by atoms with E-state index in [2.05, 4.69) is 26.1 Å². The molecule has 4 heteroatoms. The Balaban J connectivity index is 1.98. The zero-order valence-corrected chi connectivity index (χ0v) is 14.1. The number of nitrogens with zero attached hydrogens (tertiary/aromatic N) is 2.